The third kappa shape index (κ3) is 3.58. The van der Waals surface area contributed by atoms with Crippen molar-refractivity contribution in [2.45, 2.75) is 58.4 Å². The molecule has 112 valence electrons. The van der Waals surface area contributed by atoms with Gasteiger partial charge in [-0.2, -0.15) is 0 Å². The maximum absolute atomic E-state index is 2.61. The van der Waals surface area contributed by atoms with Gasteiger partial charge in [0.15, 0.2) is 0 Å². The van der Waals surface area contributed by atoms with Gasteiger partial charge >= 0.3 is 0 Å². The molecule has 0 aliphatic heterocycles. The van der Waals surface area contributed by atoms with Gasteiger partial charge in [-0.1, -0.05) is 51.1 Å². The number of aromatic nitrogens is 1. The van der Waals surface area contributed by atoms with E-state index in [-0.39, 0.29) is 5.41 Å². The summed E-state index contributed by atoms with van der Waals surface area (Å²) in [5.41, 5.74) is 4.68. The molecule has 1 aliphatic carbocycles. The van der Waals surface area contributed by atoms with Crippen LogP contribution in [0.3, 0.4) is 0 Å². The summed E-state index contributed by atoms with van der Waals surface area (Å²) in [6, 6.07) is 15.5. The van der Waals surface area contributed by atoms with Gasteiger partial charge in [-0.3, -0.25) is 0 Å². The molecule has 1 fully saturated rings. The third-order valence-corrected chi connectivity index (χ3v) is 4.49. The average Bonchev–Trinajstić information content (AvgIpc) is 3.16. The Morgan fingerprint density at radius 1 is 0.952 bits per heavy atom. The average molecular weight is 281 g/mol. The Balaban J connectivity index is 1.79. The van der Waals surface area contributed by atoms with Crippen LogP contribution < -0.4 is 0 Å². The fourth-order valence-electron chi connectivity index (χ4n) is 3.07. The lowest BCUT2D eigenvalue weighted by Gasteiger charge is -2.23. The highest BCUT2D eigenvalue weighted by molar-refractivity contribution is 5.24. The quantitative estimate of drug-likeness (QED) is 0.728. The molecule has 1 aromatic carbocycles. The molecule has 0 spiro atoms. The summed E-state index contributed by atoms with van der Waals surface area (Å²) >= 11 is 0. The lowest BCUT2D eigenvalue weighted by molar-refractivity contribution is 0.490. The summed E-state index contributed by atoms with van der Waals surface area (Å²) in [6.45, 7) is 8.20. The van der Waals surface area contributed by atoms with Crippen LogP contribution in [0.15, 0.2) is 42.5 Å². The minimum Gasteiger partial charge on any atom is -0.348 e. The Morgan fingerprint density at radius 2 is 1.67 bits per heavy atom. The van der Waals surface area contributed by atoms with Gasteiger partial charge < -0.3 is 4.57 Å². The third-order valence-electron chi connectivity index (χ3n) is 4.49. The van der Waals surface area contributed by atoms with Crippen LogP contribution in [-0.4, -0.2) is 4.57 Å². The van der Waals surface area contributed by atoms with Crippen molar-refractivity contribution in [3.8, 4) is 0 Å². The largest absolute Gasteiger partial charge is 0.348 e. The van der Waals surface area contributed by atoms with Crippen LogP contribution in [0, 0.1) is 5.92 Å². The van der Waals surface area contributed by atoms with Crippen molar-refractivity contribution in [3.05, 3.63) is 59.4 Å². The van der Waals surface area contributed by atoms with E-state index in [0.717, 1.165) is 18.8 Å². The molecule has 1 aliphatic rings. The molecule has 3 rings (SSSR count). The molecule has 0 amide bonds. The molecule has 0 atom stereocenters. The number of hydrogen-bond donors (Lipinski definition) is 0. The zero-order valence-electron chi connectivity index (χ0n) is 13.6. The Hall–Kier alpha value is -1.50. The lowest BCUT2D eigenvalue weighted by Crippen LogP contribution is -2.20. The van der Waals surface area contributed by atoms with E-state index >= 15 is 0 Å². The molecule has 21 heavy (non-hydrogen) atoms. The molecule has 1 saturated carbocycles. The first-order chi connectivity index (χ1) is 10.0. The van der Waals surface area contributed by atoms with Crippen molar-refractivity contribution in [2.24, 2.45) is 5.92 Å². The molecule has 0 bridgehead atoms. The normalized spacial score (nSPS) is 15.4. The molecule has 2 aromatic rings. The van der Waals surface area contributed by atoms with Gasteiger partial charge in [-0.15, -0.1) is 0 Å². The van der Waals surface area contributed by atoms with Gasteiger partial charge in [0, 0.05) is 23.3 Å². The number of aryl methyl sites for hydroxylation is 2. The fraction of sp³-hybridized carbons (Fsp3) is 0.500. The van der Waals surface area contributed by atoms with Crippen LogP contribution >= 0.6 is 0 Å². The summed E-state index contributed by atoms with van der Waals surface area (Å²) in [6.07, 6.45) is 5.12. The van der Waals surface area contributed by atoms with Gasteiger partial charge in [0.25, 0.3) is 0 Å². The Bertz CT molecular complexity index is 582. The maximum atomic E-state index is 2.61. The monoisotopic (exact) mass is 281 g/mol. The predicted octanol–water partition coefficient (Wildman–Crippen LogP) is 4.98. The van der Waals surface area contributed by atoms with E-state index in [1.54, 1.807) is 0 Å². The smallest absolute Gasteiger partial charge is 0.0253 e. The maximum Gasteiger partial charge on any atom is 0.0253 e. The molecular formula is C20H27N. The van der Waals surface area contributed by atoms with E-state index in [4.69, 9.17) is 0 Å². The molecule has 1 nitrogen and oxygen atoms in total. The van der Waals surface area contributed by atoms with E-state index in [2.05, 4.69) is 67.8 Å². The van der Waals surface area contributed by atoms with Gasteiger partial charge in [-0.25, -0.2) is 0 Å². The number of benzene rings is 1. The summed E-state index contributed by atoms with van der Waals surface area (Å²) in [5.74, 6) is 0.925. The van der Waals surface area contributed by atoms with Crippen molar-refractivity contribution in [3.63, 3.8) is 0 Å². The van der Waals surface area contributed by atoms with Crippen molar-refractivity contribution in [1.82, 2.24) is 4.57 Å². The zero-order chi connectivity index (χ0) is 14.9. The molecule has 1 heterocycles. The zero-order valence-corrected chi connectivity index (χ0v) is 13.6. The van der Waals surface area contributed by atoms with Crippen LogP contribution in [-0.2, 0) is 24.8 Å². The first-order valence-electron chi connectivity index (χ1n) is 8.27. The van der Waals surface area contributed by atoms with E-state index in [1.165, 1.54) is 36.3 Å². The molecular weight excluding hydrogens is 254 g/mol. The Kier molecular flexibility index (Phi) is 3.93. The van der Waals surface area contributed by atoms with Crippen LogP contribution in [0.2, 0.25) is 0 Å². The van der Waals surface area contributed by atoms with Gasteiger partial charge in [0.05, 0.1) is 0 Å². The second kappa shape index (κ2) is 5.71. The molecule has 0 N–H and O–H groups in total. The standard InChI is InChI=1S/C20H27N/c1-20(2,3)19-14-13-18(21(19)15-17-9-10-17)12-11-16-7-5-4-6-8-16/h4-8,13-14,17H,9-12,15H2,1-3H3. The fourth-order valence-corrected chi connectivity index (χ4v) is 3.07. The van der Waals surface area contributed by atoms with E-state index in [9.17, 15) is 0 Å². The number of hydrogen-bond acceptors (Lipinski definition) is 0. The minimum atomic E-state index is 0.236. The van der Waals surface area contributed by atoms with E-state index in [0.29, 0.717) is 0 Å². The van der Waals surface area contributed by atoms with Gasteiger partial charge in [0.2, 0.25) is 0 Å². The molecule has 0 radical (unpaired) electrons. The van der Waals surface area contributed by atoms with E-state index in [1.807, 2.05) is 0 Å². The number of rotatable bonds is 5. The van der Waals surface area contributed by atoms with Crippen LogP contribution in [0.1, 0.15) is 50.6 Å². The van der Waals surface area contributed by atoms with Gasteiger partial charge in [-0.05, 0) is 49.3 Å². The molecule has 1 heteroatoms. The minimum absolute atomic E-state index is 0.236. The molecule has 0 saturated heterocycles. The van der Waals surface area contributed by atoms with Gasteiger partial charge in [0.1, 0.15) is 0 Å². The predicted molar refractivity (Wildman–Crippen MR) is 89.7 cm³/mol. The highest BCUT2D eigenvalue weighted by atomic mass is 15.0. The van der Waals surface area contributed by atoms with Crippen molar-refractivity contribution in [2.75, 3.05) is 0 Å². The summed E-state index contributed by atoms with van der Waals surface area (Å²) < 4.78 is 2.61. The Labute approximate surface area is 129 Å². The summed E-state index contributed by atoms with van der Waals surface area (Å²) in [7, 11) is 0. The Morgan fingerprint density at radius 3 is 2.29 bits per heavy atom. The van der Waals surface area contributed by atoms with Crippen LogP contribution in [0.5, 0.6) is 0 Å². The van der Waals surface area contributed by atoms with Crippen molar-refractivity contribution < 1.29 is 0 Å². The molecule has 0 unspecified atom stereocenters. The number of nitrogens with zero attached hydrogens (tertiary/aromatic N) is 1. The van der Waals surface area contributed by atoms with Crippen molar-refractivity contribution in [1.29, 1.82) is 0 Å². The summed E-state index contributed by atoms with van der Waals surface area (Å²) in [5, 5.41) is 0. The highest BCUT2D eigenvalue weighted by Crippen LogP contribution is 2.34. The first-order valence-corrected chi connectivity index (χ1v) is 8.27. The van der Waals surface area contributed by atoms with E-state index < -0.39 is 0 Å². The second-order valence-electron chi connectivity index (χ2n) is 7.50. The SMILES string of the molecule is CC(C)(C)c1ccc(CCc2ccccc2)n1CC1CC1. The van der Waals surface area contributed by atoms with Crippen molar-refractivity contribution >= 4 is 0 Å². The molecule has 1 aromatic heterocycles. The topological polar surface area (TPSA) is 4.93 Å². The van der Waals surface area contributed by atoms with Crippen LogP contribution in [0.25, 0.3) is 0 Å². The summed E-state index contributed by atoms with van der Waals surface area (Å²) in [4.78, 5) is 0. The highest BCUT2D eigenvalue weighted by Gasteiger charge is 2.26. The second-order valence-corrected chi connectivity index (χ2v) is 7.50. The first kappa shape index (κ1) is 14.4. The lowest BCUT2D eigenvalue weighted by atomic mass is 9.92. The van der Waals surface area contributed by atoms with Crippen LogP contribution in [0.4, 0.5) is 0 Å².